The number of benzene rings is 1. The average molecular weight is 346 g/mol. The molecular formula is C20H30N2O3. The molecule has 2 amide bonds. The SMILES string of the molecule is C[C@@H](OCCCNC(=O)N1CCC2(CCOCC2)C1)c1ccccc1. The fourth-order valence-corrected chi connectivity index (χ4v) is 3.78. The minimum atomic E-state index is 0.0690. The van der Waals surface area contributed by atoms with E-state index in [4.69, 9.17) is 9.47 Å². The molecule has 1 N–H and O–H groups in total. The molecule has 0 saturated carbocycles. The summed E-state index contributed by atoms with van der Waals surface area (Å²) in [6, 6.07) is 10.3. The lowest BCUT2D eigenvalue weighted by molar-refractivity contribution is 0.0208. The lowest BCUT2D eigenvalue weighted by atomic mass is 9.80. The van der Waals surface area contributed by atoms with Crippen LogP contribution in [0.25, 0.3) is 0 Å². The predicted octanol–water partition coefficient (Wildman–Crippen LogP) is 3.37. The number of rotatable bonds is 6. The van der Waals surface area contributed by atoms with Gasteiger partial charge < -0.3 is 19.7 Å². The van der Waals surface area contributed by atoms with Crippen molar-refractivity contribution in [3.63, 3.8) is 0 Å². The first-order valence-electron chi connectivity index (χ1n) is 9.46. The number of nitrogens with zero attached hydrogens (tertiary/aromatic N) is 1. The zero-order valence-corrected chi connectivity index (χ0v) is 15.2. The Bertz CT molecular complexity index is 543. The molecule has 0 radical (unpaired) electrons. The van der Waals surface area contributed by atoms with Gasteiger partial charge in [-0.25, -0.2) is 4.79 Å². The van der Waals surface area contributed by atoms with Gasteiger partial charge in [-0.15, -0.1) is 0 Å². The summed E-state index contributed by atoms with van der Waals surface area (Å²) in [6.45, 7) is 6.80. The topological polar surface area (TPSA) is 50.8 Å². The molecule has 2 saturated heterocycles. The van der Waals surface area contributed by atoms with Crippen molar-refractivity contribution in [1.29, 1.82) is 0 Å². The smallest absolute Gasteiger partial charge is 0.317 e. The predicted molar refractivity (Wildman–Crippen MR) is 97.5 cm³/mol. The highest BCUT2D eigenvalue weighted by atomic mass is 16.5. The summed E-state index contributed by atoms with van der Waals surface area (Å²) in [5.41, 5.74) is 1.49. The van der Waals surface area contributed by atoms with Gasteiger partial charge in [-0.2, -0.15) is 0 Å². The second-order valence-corrected chi connectivity index (χ2v) is 7.29. The quantitative estimate of drug-likeness (QED) is 0.804. The Kier molecular flexibility index (Phi) is 6.32. The maximum atomic E-state index is 12.3. The summed E-state index contributed by atoms with van der Waals surface area (Å²) < 4.78 is 11.3. The number of likely N-dealkylation sites (tertiary alicyclic amines) is 1. The standard InChI is InChI=1S/C20H30N2O3/c1-17(18-6-3-2-4-7-18)25-13-5-11-21-19(23)22-12-8-20(16-22)9-14-24-15-10-20/h2-4,6-7,17H,5,8-16H2,1H3,(H,21,23)/t17-/m1/s1. The van der Waals surface area contributed by atoms with Crippen molar-refractivity contribution >= 4 is 6.03 Å². The van der Waals surface area contributed by atoms with Gasteiger partial charge in [0.1, 0.15) is 0 Å². The number of hydrogen-bond acceptors (Lipinski definition) is 3. The molecule has 2 aliphatic rings. The van der Waals surface area contributed by atoms with Crippen LogP contribution in [-0.2, 0) is 9.47 Å². The number of hydrogen-bond donors (Lipinski definition) is 1. The van der Waals surface area contributed by atoms with Crippen molar-refractivity contribution in [3.05, 3.63) is 35.9 Å². The van der Waals surface area contributed by atoms with Crippen LogP contribution in [0.2, 0.25) is 0 Å². The van der Waals surface area contributed by atoms with Gasteiger partial charge in [-0.1, -0.05) is 30.3 Å². The second-order valence-electron chi connectivity index (χ2n) is 7.29. The van der Waals surface area contributed by atoms with Crippen LogP contribution >= 0.6 is 0 Å². The molecule has 0 unspecified atom stereocenters. The molecule has 1 atom stereocenters. The first kappa shape index (κ1) is 18.2. The van der Waals surface area contributed by atoms with E-state index < -0.39 is 0 Å². The fraction of sp³-hybridized carbons (Fsp3) is 0.650. The van der Waals surface area contributed by atoms with Crippen LogP contribution in [-0.4, -0.2) is 50.4 Å². The molecule has 0 aliphatic carbocycles. The van der Waals surface area contributed by atoms with Crippen LogP contribution in [0.4, 0.5) is 4.79 Å². The molecule has 5 heteroatoms. The molecule has 1 aromatic rings. The van der Waals surface area contributed by atoms with Gasteiger partial charge in [0.25, 0.3) is 0 Å². The van der Waals surface area contributed by atoms with Crippen LogP contribution in [0.15, 0.2) is 30.3 Å². The van der Waals surface area contributed by atoms with Crippen LogP contribution < -0.4 is 5.32 Å². The van der Waals surface area contributed by atoms with E-state index in [1.54, 1.807) is 0 Å². The monoisotopic (exact) mass is 346 g/mol. The van der Waals surface area contributed by atoms with E-state index in [9.17, 15) is 4.79 Å². The maximum absolute atomic E-state index is 12.3. The Hall–Kier alpha value is -1.59. The summed E-state index contributed by atoms with van der Waals surface area (Å²) in [5, 5.41) is 3.04. The van der Waals surface area contributed by atoms with Gasteiger partial charge in [-0.05, 0) is 43.6 Å². The van der Waals surface area contributed by atoms with E-state index in [1.807, 2.05) is 23.1 Å². The minimum Gasteiger partial charge on any atom is -0.381 e. The van der Waals surface area contributed by atoms with Crippen molar-refractivity contribution < 1.29 is 14.3 Å². The van der Waals surface area contributed by atoms with Gasteiger partial charge in [0, 0.05) is 39.5 Å². The second kappa shape index (κ2) is 8.68. The Balaban J connectivity index is 1.31. The Labute approximate surface area is 150 Å². The van der Waals surface area contributed by atoms with E-state index in [-0.39, 0.29) is 12.1 Å². The Morgan fingerprint density at radius 2 is 2.04 bits per heavy atom. The maximum Gasteiger partial charge on any atom is 0.317 e. The van der Waals surface area contributed by atoms with Gasteiger partial charge in [0.05, 0.1) is 6.10 Å². The summed E-state index contributed by atoms with van der Waals surface area (Å²) >= 11 is 0. The molecule has 3 rings (SSSR count). The normalized spacial score (nSPS) is 20.6. The molecule has 25 heavy (non-hydrogen) atoms. The molecule has 138 valence electrons. The highest BCUT2D eigenvalue weighted by Crippen LogP contribution is 2.39. The van der Waals surface area contributed by atoms with Crippen molar-refractivity contribution in [1.82, 2.24) is 10.2 Å². The summed E-state index contributed by atoms with van der Waals surface area (Å²) in [4.78, 5) is 14.3. The summed E-state index contributed by atoms with van der Waals surface area (Å²) in [7, 11) is 0. The highest BCUT2D eigenvalue weighted by molar-refractivity contribution is 5.74. The van der Waals surface area contributed by atoms with Crippen molar-refractivity contribution in [2.75, 3.05) is 39.5 Å². The first-order chi connectivity index (χ1) is 12.2. The number of carbonyl (C=O) groups is 1. The zero-order chi connectivity index (χ0) is 17.5. The minimum absolute atomic E-state index is 0.0690. The molecule has 0 aromatic heterocycles. The number of amides is 2. The number of carbonyl (C=O) groups excluding carboxylic acids is 1. The van der Waals surface area contributed by atoms with E-state index in [0.717, 1.165) is 52.0 Å². The van der Waals surface area contributed by atoms with Gasteiger partial charge in [-0.3, -0.25) is 0 Å². The van der Waals surface area contributed by atoms with Crippen molar-refractivity contribution in [2.45, 2.75) is 38.7 Å². The van der Waals surface area contributed by atoms with Gasteiger partial charge >= 0.3 is 6.03 Å². The van der Waals surface area contributed by atoms with Gasteiger partial charge in [0.15, 0.2) is 0 Å². The fourth-order valence-electron chi connectivity index (χ4n) is 3.78. The van der Waals surface area contributed by atoms with Crippen molar-refractivity contribution in [2.24, 2.45) is 5.41 Å². The molecular weight excluding hydrogens is 316 g/mol. The third-order valence-corrected chi connectivity index (χ3v) is 5.51. The molecule has 0 bridgehead atoms. The Morgan fingerprint density at radius 3 is 2.80 bits per heavy atom. The molecule has 2 fully saturated rings. The van der Waals surface area contributed by atoms with E-state index in [2.05, 4.69) is 24.4 Å². The van der Waals surface area contributed by atoms with Crippen LogP contribution in [0, 0.1) is 5.41 Å². The van der Waals surface area contributed by atoms with Crippen molar-refractivity contribution in [3.8, 4) is 0 Å². The Morgan fingerprint density at radius 1 is 1.28 bits per heavy atom. The van der Waals surface area contributed by atoms with Crippen LogP contribution in [0.5, 0.6) is 0 Å². The molecule has 1 aromatic carbocycles. The van der Waals surface area contributed by atoms with E-state index >= 15 is 0 Å². The molecule has 1 spiro atoms. The zero-order valence-electron chi connectivity index (χ0n) is 15.2. The van der Waals surface area contributed by atoms with E-state index in [0.29, 0.717) is 18.6 Å². The van der Waals surface area contributed by atoms with Gasteiger partial charge in [0.2, 0.25) is 0 Å². The highest BCUT2D eigenvalue weighted by Gasteiger charge is 2.40. The van der Waals surface area contributed by atoms with Crippen LogP contribution in [0.1, 0.15) is 44.3 Å². The average Bonchev–Trinajstić information content (AvgIpc) is 3.06. The first-order valence-corrected chi connectivity index (χ1v) is 9.46. The third-order valence-electron chi connectivity index (χ3n) is 5.51. The summed E-state index contributed by atoms with van der Waals surface area (Å²) in [5.74, 6) is 0. The lowest BCUT2D eigenvalue weighted by Crippen LogP contribution is -2.41. The molecule has 5 nitrogen and oxygen atoms in total. The van der Waals surface area contributed by atoms with E-state index in [1.165, 1.54) is 5.56 Å². The van der Waals surface area contributed by atoms with Crippen LogP contribution in [0.3, 0.4) is 0 Å². The third kappa shape index (κ3) is 4.95. The lowest BCUT2D eigenvalue weighted by Gasteiger charge is -2.33. The summed E-state index contributed by atoms with van der Waals surface area (Å²) in [6.07, 6.45) is 4.20. The number of ether oxygens (including phenoxy) is 2. The molecule has 2 heterocycles. The molecule has 2 aliphatic heterocycles. The largest absolute Gasteiger partial charge is 0.381 e. The number of urea groups is 1. The number of nitrogens with one attached hydrogen (secondary N) is 1.